The van der Waals surface area contributed by atoms with Crippen LogP contribution in [0.5, 0.6) is 5.75 Å². The van der Waals surface area contributed by atoms with Crippen LogP contribution in [0.1, 0.15) is 41.8 Å². The number of carboxylic acids is 1. The summed E-state index contributed by atoms with van der Waals surface area (Å²) in [4.78, 5) is 38.0. The second kappa shape index (κ2) is 13.8. The number of carboxylic acid groups (broad SMARTS) is 1. The Bertz CT molecular complexity index is 1310. The highest BCUT2D eigenvalue weighted by molar-refractivity contribution is 6.35. The van der Waals surface area contributed by atoms with Crippen molar-refractivity contribution in [3.05, 3.63) is 97.5 Å². The molecule has 11 heteroatoms. The average molecular weight is 574 g/mol. The van der Waals surface area contributed by atoms with E-state index in [1.807, 2.05) is 18.7 Å². The first-order valence-corrected chi connectivity index (χ1v) is 13.1. The quantitative estimate of drug-likeness (QED) is 0.186. The number of amides is 1. The summed E-state index contributed by atoms with van der Waals surface area (Å²) >= 11 is 12.3. The number of halogens is 2. The van der Waals surface area contributed by atoms with Gasteiger partial charge in [-0.3, -0.25) is 14.9 Å². The van der Waals surface area contributed by atoms with Gasteiger partial charge in [-0.1, -0.05) is 48.3 Å². The van der Waals surface area contributed by atoms with Crippen molar-refractivity contribution in [1.29, 1.82) is 0 Å². The molecular formula is C28H29Cl2N3O6. The lowest BCUT2D eigenvalue weighted by Crippen LogP contribution is -2.42. The highest BCUT2D eigenvalue weighted by Gasteiger charge is 2.27. The van der Waals surface area contributed by atoms with Gasteiger partial charge in [0.2, 0.25) is 0 Å². The van der Waals surface area contributed by atoms with Crippen LogP contribution in [0, 0.1) is 10.1 Å². The van der Waals surface area contributed by atoms with E-state index in [-0.39, 0.29) is 18.6 Å². The zero-order valence-corrected chi connectivity index (χ0v) is 23.0. The highest BCUT2D eigenvalue weighted by atomic mass is 35.5. The van der Waals surface area contributed by atoms with Gasteiger partial charge in [-0.2, -0.15) is 0 Å². The summed E-state index contributed by atoms with van der Waals surface area (Å²) in [6.07, 6.45) is 0.813. The molecule has 0 aliphatic rings. The Kier molecular flexibility index (Phi) is 10.5. The largest absolute Gasteiger partial charge is 0.489 e. The van der Waals surface area contributed by atoms with Crippen molar-refractivity contribution in [2.45, 2.75) is 39.3 Å². The maximum Gasteiger partial charge on any atom is 0.326 e. The lowest BCUT2D eigenvalue weighted by molar-refractivity contribution is -0.385. The third-order valence-electron chi connectivity index (χ3n) is 6.07. The number of nitro benzene ring substituents is 1. The Hall–Kier alpha value is -3.82. The molecular weight excluding hydrogens is 545 g/mol. The Morgan fingerprint density at radius 3 is 2.31 bits per heavy atom. The molecule has 1 amide bonds. The Labute approximate surface area is 236 Å². The molecule has 2 N–H and O–H groups in total. The number of nitrogens with one attached hydrogen (secondary N) is 1. The number of nitro groups is 1. The Morgan fingerprint density at radius 2 is 1.74 bits per heavy atom. The molecule has 0 aliphatic heterocycles. The van der Waals surface area contributed by atoms with E-state index in [2.05, 4.69) is 5.32 Å². The predicted octanol–water partition coefficient (Wildman–Crippen LogP) is 6.14. The molecule has 9 nitrogen and oxygen atoms in total. The van der Waals surface area contributed by atoms with Crippen LogP contribution in [-0.4, -0.2) is 41.0 Å². The molecule has 3 aromatic rings. The second-order valence-corrected chi connectivity index (χ2v) is 9.55. The van der Waals surface area contributed by atoms with Gasteiger partial charge in [-0.05, 0) is 55.3 Å². The van der Waals surface area contributed by atoms with E-state index in [9.17, 15) is 24.8 Å². The topological polar surface area (TPSA) is 122 Å². The molecule has 0 aliphatic carbocycles. The van der Waals surface area contributed by atoms with Gasteiger partial charge in [-0.15, -0.1) is 0 Å². The van der Waals surface area contributed by atoms with Crippen LogP contribution in [0.2, 0.25) is 10.0 Å². The van der Waals surface area contributed by atoms with Crippen LogP contribution in [0.3, 0.4) is 0 Å². The number of anilines is 1. The van der Waals surface area contributed by atoms with Crippen LogP contribution in [0.25, 0.3) is 0 Å². The Balaban J connectivity index is 1.73. The SMILES string of the molecule is CCCN(CC)c1ccc([N+](=O)[O-])c(C(=O)NC(Cc2ccc(OCc3c(Cl)cccc3Cl)cc2)C(=O)O)c1. The minimum Gasteiger partial charge on any atom is -0.489 e. The maximum atomic E-state index is 13.1. The molecule has 0 fully saturated rings. The molecule has 0 heterocycles. The number of aliphatic carboxylic acids is 1. The average Bonchev–Trinajstić information content (AvgIpc) is 2.91. The van der Waals surface area contributed by atoms with Crippen LogP contribution >= 0.6 is 23.2 Å². The highest BCUT2D eigenvalue weighted by Crippen LogP contribution is 2.27. The minimum absolute atomic E-state index is 0.0396. The molecule has 0 saturated carbocycles. The lowest BCUT2D eigenvalue weighted by Gasteiger charge is -2.23. The fourth-order valence-electron chi connectivity index (χ4n) is 4.02. The van der Waals surface area contributed by atoms with Gasteiger partial charge in [0.05, 0.1) is 4.92 Å². The van der Waals surface area contributed by atoms with E-state index in [1.54, 1.807) is 48.5 Å². The van der Waals surface area contributed by atoms with E-state index in [4.69, 9.17) is 27.9 Å². The number of nitrogens with zero attached hydrogens (tertiary/aromatic N) is 2. The molecule has 0 bridgehead atoms. The number of benzene rings is 3. The van der Waals surface area contributed by atoms with Crippen LogP contribution in [0.15, 0.2) is 60.7 Å². The van der Waals surface area contributed by atoms with Crippen molar-refractivity contribution in [1.82, 2.24) is 5.32 Å². The molecule has 206 valence electrons. The fraction of sp³-hybridized carbons (Fsp3) is 0.286. The van der Waals surface area contributed by atoms with Gasteiger partial charge in [-0.25, -0.2) is 4.79 Å². The van der Waals surface area contributed by atoms with Gasteiger partial charge in [0, 0.05) is 46.9 Å². The summed E-state index contributed by atoms with van der Waals surface area (Å²) in [5.74, 6) is -1.58. The minimum atomic E-state index is -1.31. The number of ether oxygens (including phenoxy) is 1. The first kappa shape index (κ1) is 29.7. The van der Waals surface area contributed by atoms with Gasteiger partial charge in [0.25, 0.3) is 11.6 Å². The van der Waals surface area contributed by atoms with Crippen molar-refractivity contribution in [2.24, 2.45) is 0 Å². The predicted molar refractivity (Wildman–Crippen MR) is 151 cm³/mol. The van der Waals surface area contributed by atoms with Crippen molar-refractivity contribution in [2.75, 3.05) is 18.0 Å². The third-order valence-corrected chi connectivity index (χ3v) is 6.78. The van der Waals surface area contributed by atoms with Crippen molar-refractivity contribution in [3.63, 3.8) is 0 Å². The molecule has 3 rings (SSSR count). The number of hydrogen-bond donors (Lipinski definition) is 2. The summed E-state index contributed by atoms with van der Waals surface area (Å²) in [6.45, 7) is 5.46. The summed E-state index contributed by atoms with van der Waals surface area (Å²) in [7, 11) is 0. The van der Waals surface area contributed by atoms with Crippen LogP contribution < -0.4 is 15.0 Å². The standard InChI is InChI=1S/C28H29Cl2N3O6/c1-3-14-32(4-2)19-10-13-26(33(37)38)21(16-19)27(34)31-25(28(35)36)15-18-8-11-20(12-9-18)39-17-22-23(29)6-5-7-24(22)30/h5-13,16,25H,3-4,14-15,17H2,1-2H3,(H,31,34)(H,35,36). The summed E-state index contributed by atoms with van der Waals surface area (Å²) < 4.78 is 5.75. The third kappa shape index (κ3) is 7.84. The van der Waals surface area contributed by atoms with E-state index in [0.717, 1.165) is 6.42 Å². The monoisotopic (exact) mass is 573 g/mol. The first-order valence-electron chi connectivity index (χ1n) is 12.4. The summed E-state index contributed by atoms with van der Waals surface area (Å²) in [5, 5.41) is 24.8. The van der Waals surface area contributed by atoms with E-state index in [0.29, 0.717) is 45.7 Å². The summed E-state index contributed by atoms with van der Waals surface area (Å²) in [5.41, 5.74) is 1.33. The molecule has 0 spiro atoms. The number of rotatable bonds is 13. The molecule has 1 atom stereocenters. The van der Waals surface area contributed by atoms with Crippen molar-refractivity contribution in [3.8, 4) is 5.75 Å². The maximum absolute atomic E-state index is 13.1. The summed E-state index contributed by atoms with van der Waals surface area (Å²) in [6, 6.07) is 14.8. The number of carbonyl (C=O) groups excluding carboxylic acids is 1. The second-order valence-electron chi connectivity index (χ2n) is 8.74. The Morgan fingerprint density at radius 1 is 1.08 bits per heavy atom. The van der Waals surface area contributed by atoms with Gasteiger partial charge in [0.1, 0.15) is 24.0 Å². The van der Waals surface area contributed by atoms with E-state index < -0.39 is 28.5 Å². The zero-order valence-electron chi connectivity index (χ0n) is 21.5. The van der Waals surface area contributed by atoms with Gasteiger partial charge >= 0.3 is 5.97 Å². The molecule has 3 aromatic carbocycles. The number of hydrogen-bond acceptors (Lipinski definition) is 6. The molecule has 39 heavy (non-hydrogen) atoms. The normalized spacial score (nSPS) is 11.5. The van der Waals surface area contributed by atoms with E-state index in [1.165, 1.54) is 12.1 Å². The van der Waals surface area contributed by atoms with E-state index >= 15 is 0 Å². The van der Waals surface area contributed by atoms with Crippen molar-refractivity contribution >= 4 is 46.5 Å². The number of carbonyl (C=O) groups is 2. The zero-order chi connectivity index (χ0) is 28.5. The van der Waals surface area contributed by atoms with Crippen LogP contribution in [-0.2, 0) is 17.8 Å². The van der Waals surface area contributed by atoms with Gasteiger partial charge in [0.15, 0.2) is 0 Å². The van der Waals surface area contributed by atoms with Gasteiger partial charge < -0.3 is 20.1 Å². The molecule has 0 radical (unpaired) electrons. The first-order chi connectivity index (χ1) is 18.6. The molecule has 1 unspecified atom stereocenters. The lowest BCUT2D eigenvalue weighted by atomic mass is 10.0. The van der Waals surface area contributed by atoms with Crippen molar-refractivity contribution < 1.29 is 24.4 Å². The fourth-order valence-corrected chi connectivity index (χ4v) is 4.53. The molecule has 0 aromatic heterocycles. The van der Waals surface area contributed by atoms with Crippen LogP contribution in [0.4, 0.5) is 11.4 Å². The smallest absolute Gasteiger partial charge is 0.326 e. The molecule has 0 saturated heterocycles.